The molecule has 1 saturated heterocycles. The van der Waals surface area contributed by atoms with E-state index in [-0.39, 0.29) is 18.4 Å². The molecule has 0 radical (unpaired) electrons. The highest BCUT2D eigenvalue weighted by molar-refractivity contribution is 5.92. The lowest BCUT2D eigenvalue weighted by Gasteiger charge is -2.33. The summed E-state index contributed by atoms with van der Waals surface area (Å²) in [6, 6.07) is 0. The van der Waals surface area contributed by atoms with Crippen LogP contribution in [0.25, 0.3) is 0 Å². The molecule has 164 valence electrons. The van der Waals surface area contributed by atoms with E-state index in [0.717, 1.165) is 6.42 Å². The van der Waals surface area contributed by atoms with Gasteiger partial charge >= 0.3 is 6.09 Å². The summed E-state index contributed by atoms with van der Waals surface area (Å²) in [5, 5.41) is 18.6. The first-order valence-electron chi connectivity index (χ1n) is 9.82. The minimum absolute atomic E-state index is 0.155. The highest BCUT2D eigenvalue weighted by Crippen LogP contribution is 2.21. The molecule has 1 aromatic heterocycles. The number of piperidine rings is 1. The largest absolute Gasteiger partial charge is 0.444 e. The van der Waals surface area contributed by atoms with Gasteiger partial charge < -0.3 is 24.9 Å². The quantitative estimate of drug-likeness (QED) is 0.651. The molecule has 0 aromatic carbocycles. The van der Waals surface area contributed by atoms with Crippen LogP contribution < -0.4 is 5.32 Å². The van der Waals surface area contributed by atoms with Gasteiger partial charge in [-0.2, -0.15) is 10.2 Å². The third-order valence-corrected chi connectivity index (χ3v) is 4.52. The van der Waals surface area contributed by atoms with Gasteiger partial charge in [0.2, 0.25) is 5.91 Å². The summed E-state index contributed by atoms with van der Waals surface area (Å²) in [6.07, 6.45) is 3.61. The third kappa shape index (κ3) is 7.64. The lowest BCUT2D eigenvalue weighted by molar-refractivity contribution is -0.129. The number of carbonyl (C=O) groups excluding carboxylic acids is 2. The number of aromatic nitrogens is 2. The first-order chi connectivity index (χ1) is 13.6. The molecule has 0 saturated carbocycles. The van der Waals surface area contributed by atoms with E-state index < -0.39 is 17.8 Å². The van der Waals surface area contributed by atoms with Crippen LogP contribution in [0.5, 0.6) is 0 Å². The van der Waals surface area contributed by atoms with Gasteiger partial charge in [-0.15, -0.1) is 0 Å². The zero-order chi connectivity index (χ0) is 21.6. The standard InChI is InChI=1S/C19H33N5O5/c1-19(2,3)29-18(27)23-8-6-7-14(10-23)17(26)21-15-9-20-24(11-15)13-16(25)12-22(4)28-5/h9,11,14,16,25H,6-8,10,12-13H2,1-5H3,(H,21,26)/t14-,16-/m1/s1. The molecule has 1 aliphatic rings. The molecule has 2 rings (SSSR count). The molecule has 10 heteroatoms. The molecule has 0 unspecified atom stereocenters. The van der Waals surface area contributed by atoms with Crippen molar-refractivity contribution in [3.63, 3.8) is 0 Å². The molecule has 1 aromatic rings. The van der Waals surface area contributed by atoms with Crippen molar-refractivity contribution in [1.29, 1.82) is 0 Å². The maximum Gasteiger partial charge on any atom is 0.410 e. The monoisotopic (exact) mass is 411 g/mol. The Balaban J connectivity index is 1.87. The SMILES string of the molecule is CON(C)C[C@@H](O)Cn1cc(NC(=O)[C@@H]2CCCN(C(=O)OC(C)(C)C)C2)cn1. The Kier molecular flexibility index (Phi) is 8.00. The van der Waals surface area contributed by atoms with Gasteiger partial charge in [0, 0.05) is 26.3 Å². The van der Waals surface area contributed by atoms with Crippen LogP contribution in [0.3, 0.4) is 0 Å². The minimum atomic E-state index is -0.663. The Morgan fingerprint density at radius 3 is 2.83 bits per heavy atom. The van der Waals surface area contributed by atoms with Gasteiger partial charge in [-0.25, -0.2) is 4.79 Å². The van der Waals surface area contributed by atoms with Crippen molar-refractivity contribution >= 4 is 17.7 Å². The van der Waals surface area contributed by atoms with Gasteiger partial charge in [0.15, 0.2) is 0 Å². The fourth-order valence-electron chi connectivity index (χ4n) is 3.10. The Morgan fingerprint density at radius 1 is 1.45 bits per heavy atom. The second-order valence-electron chi connectivity index (χ2n) is 8.35. The zero-order valence-electron chi connectivity index (χ0n) is 17.9. The number of aliphatic hydroxyl groups is 1. The summed E-state index contributed by atoms with van der Waals surface area (Å²) >= 11 is 0. The van der Waals surface area contributed by atoms with E-state index in [1.165, 1.54) is 12.2 Å². The van der Waals surface area contributed by atoms with E-state index >= 15 is 0 Å². The molecule has 2 N–H and O–H groups in total. The Hall–Kier alpha value is -2.17. The zero-order valence-corrected chi connectivity index (χ0v) is 17.9. The summed E-state index contributed by atoms with van der Waals surface area (Å²) < 4.78 is 6.97. The number of nitrogens with zero attached hydrogens (tertiary/aromatic N) is 4. The first kappa shape index (κ1) is 23.1. The number of amides is 2. The summed E-state index contributed by atoms with van der Waals surface area (Å²) in [7, 11) is 3.26. The molecule has 2 atom stereocenters. The Morgan fingerprint density at radius 2 is 2.17 bits per heavy atom. The molecular weight excluding hydrogens is 378 g/mol. The molecule has 0 bridgehead atoms. The van der Waals surface area contributed by atoms with Crippen LogP contribution in [-0.4, -0.2) is 82.3 Å². The van der Waals surface area contributed by atoms with Gasteiger partial charge in [-0.05, 0) is 33.6 Å². The molecule has 2 heterocycles. The summed E-state index contributed by atoms with van der Waals surface area (Å²) in [5.41, 5.74) is -0.0135. The third-order valence-electron chi connectivity index (χ3n) is 4.52. The van der Waals surface area contributed by atoms with Crippen molar-refractivity contribution < 1.29 is 24.3 Å². The van der Waals surface area contributed by atoms with Crippen LogP contribution in [0.15, 0.2) is 12.4 Å². The van der Waals surface area contributed by atoms with Crippen molar-refractivity contribution in [2.75, 3.05) is 39.1 Å². The second-order valence-corrected chi connectivity index (χ2v) is 8.35. The number of ether oxygens (including phenoxy) is 1. The number of nitrogens with one attached hydrogen (secondary N) is 1. The molecule has 29 heavy (non-hydrogen) atoms. The Labute approximate surface area is 171 Å². The van der Waals surface area contributed by atoms with Gasteiger partial charge in [-0.3, -0.25) is 9.48 Å². The van der Waals surface area contributed by atoms with Crippen molar-refractivity contribution in [3.8, 4) is 0 Å². The van der Waals surface area contributed by atoms with Crippen LogP contribution in [0.4, 0.5) is 10.5 Å². The van der Waals surface area contributed by atoms with Crippen molar-refractivity contribution in [1.82, 2.24) is 19.7 Å². The van der Waals surface area contributed by atoms with Crippen LogP contribution in [0.1, 0.15) is 33.6 Å². The number of hydrogen-bond acceptors (Lipinski definition) is 7. The highest BCUT2D eigenvalue weighted by Gasteiger charge is 2.31. The number of likely N-dealkylation sites (N-methyl/N-ethyl adjacent to an activating group) is 1. The summed E-state index contributed by atoms with van der Waals surface area (Å²) in [6.45, 7) is 6.99. The van der Waals surface area contributed by atoms with E-state index in [1.54, 1.807) is 29.0 Å². The highest BCUT2D eigenvalue weighted by atomic mass is 16.7. The average molecular weight is 412 g/mol. The van der Waals surface area contributed by atoms with Gasteiger partial charge in [-0.1, -0.05) is 0 Å². The molecule has 0 spiro atoms. The number of aliphatic hydroxyl groups excluding tert-OH is 1. The number of rotatable bonds is 7. The maximum absolute atomic E-state index is 12.6. The first-order valence-corrected chi connectivity index (χ1v) is 9.82. The summed E-state index contributed by atoms with van der Waals surface area (Å²) in [4.78, 5) is 31.5. The fraction of sp³-hybridized carbons (Fsp3) is 0.737. The van der Waals surface area contributed by atoms with Crippen molar-refractivity contribution in [2.45, 2.75) is 51.9 Å². The second kappa shape index (κ2) is 10.0. The van der Waals surface area contributed by atoms with E-state index in [4.69, 9.17) is 9.57 Å². The number of likely N-dealkylation sites (tertiary alicyclic amines) is 1. The number of hydroxylamine groups is 2. The van der Waals surface area contributed by atoms with E-state index in [1.807, 2.05) is 20.8 Å². The predicted octanol–water partition coefficient (Wildman–Crippen LogP) is 1.32. The number of carbonyl (C=O) groups is 2. The summed E-state index contributed by atoms with van der Waals surface area (Å²) in [5.74, 6) is -0.460. The topological polar surface area (TPSA) is 109 Å². The minimum Gasteiger partial charge on any atom is -0.444 e. The van der Waals surface area contributed by atoms with Crippen LogP contribution >= 0.6 is 0 Å². The number of hydrogen-bond donors (Lipinski definition) is 2. The molecular formula is C19H33N5O5. The molecule has 0 aliphatic carbocycles. The van der Waals surface area contributed by atoms with Gasteiger partial charge in [0.05, 0.1) is 44.1 Å². The predicted molar refractivity (Wildman–Crippen MR) is 107 cm³/mol. The maximum atomic E-state index is 12.6. The molecule has 1 fully saturated rings. The van der Waals surface area contributed by atoms with Gasteiger partial charge in [0.1, 0.15) is 5.60 Å². The average Bonchev–Trinajstić information content (AvgIpc) is 3.06. The number of anilines is 1. The van der Waals surface area contributed by atoms with Crippen LogP contribution in [-0.2, 0) is 20.9 Å². The van der Waals surface area contributed by atoms with Crippen molar-refractivity contribution in [3.05, 3.63) is 12.4 Å². The van der Waals surface area contributed by atoms with Crippen LogP contribution in [0.2, 0.25) is 0 Å². The van der Waals surface area contributed by atoms with Crippen LogP contribution in [0, 0.1) is 5.92 Å². The lowest BCUT2D eigenvalue weighted by atomic mass is 9.97. The molecule has 1 aliphatic heterocycles. The molecule has 2 amide bonds. The normalized spacial score (nSPS) is 18.6. The van der Waals surface area contributed by atoms with Crippen molar-refractivity contribution in [2.24, 2.45) is 5.92 Å². The molecule has 10 nitrogen and oxygen atoms in total. The Bertz CT molecular complexity index is 687. The van der Waals surface area contributed by atoms with Gasteiger partial charge in [0.25, 0.3) is 0 Å². The smallest absolute Gasteiger partial charge is 0.410 e. The van der Waals surface area contributed by atoms with E-state index in [2.05, 4.69) is 10.4 Å². The van der Waals surface area contributed by atoms with E-state index in [9.17, 15) is 14.7 Å². The fourth-order valence-corrected chi connectivity index (χ4v) is 3.10. The van der Waals surface area contributed by atoms with E-state index in [0.29, 0.717) is 31.7 Å². The lowest BCUT2D eigenvalue weighted by Crippen LogP contribution is -2.45.